The van der Waals surface area contributed by atoms with E-state index in [-0.39, 0.29) is 23.0 Å². The number of fused-ring (bicyclic) bond motifs is 1. The Morgan fingerprint density at radius 2 is 1.89 bits per heavy atom. The average Bonchev–Trinajstić information content (AvgIpc) is 3.30. The molecule has 1 N–H and O–H groups in total. The standard InChI is InChI=1S/C18H18N2O5S2/c1-12(21)19-14-3-5-15(6-4-14)27(22,23)20-8-9-26-18(20)13-2-7-16-17(10-13)25-11-24-16/h2-7,10,18H,8-9,11H2,1H3,(H,19,21). The molecule has 1 fully saturated rings. The minimum Gasteiger partial charge on any atom is -0.454 e. The predicted molar refractivity (Wildman–Crippen MR) is 102 cm³/mol. The van der Waals surface area contributed by atoms with Crippen LogP contribution in [0.4, 0.5) is 5.69 Å². The molecule has 7 nitrogen and oxygen atoms in total. The molecule has 4 rings (SSSR count). The van der Waals surface area contributed by atoms with Gasteiger partial charge in [0, 0.05) is 24.9 Å². The molecule has 27 heavy (non-hydrogen) atoms. The smallest absolute Gasteiger partial charge is 0.244 e. The lowest BCUT2D eigenvalue weighted by Gasteiger charge is -2.24. The Labute approximate surface area is 161 Å². The number of thioether (sulfide) groups is 1. The van der Waals surface area contributed by atoms with Gasteiger partial charge in [-0.2, -0.15) is 4.31 Å². The third-order valence-corrected chi connectivity index (χ3v) is 7.58. The lowest BCUT2D eigenvalue weighted by molar-refractivity contribution is -0.114. The van der Waals surface area contributed by atoms with Gasteiger partial charge in [-0.1, -0.05) is 6.07 Å². The largest absolute Gasteiger partial charge is 0.454 e. The summed E-state index contributed by atoms with van der Waals surface area (Å²) in [6, 6.07) is 11.7. The van der Waals surface area contributed by atoms with Gasteiger partial charge in [-0.05, 0) is 42.0 Å². The number of anilines is 1. The van der Waals surface area contributed by atoms with Gasteiger partial charge in [0.1, 0.15) is 0 Å². The Bertz CT molecular complexity index is 976. The van der Waals surface area contributed by atoms with Gasteiger partial charge in [-0.15, -0.1) is 11.8 Å². The van der Waals surface area contributed by atoms with Crippen LogP contribution >= 0.6 is 11.8 Å². The van der Waals surface area contributed by atoms with Crippen molar-refractivity contribution in [1.82, 2.24) is 4.31 Å². The Balaban J connectivity index is 1.61. The summed E-state index contributed by atoms with van der Waals surface area (Å²) in [6.07, 6.45) is 0. The predicted octanol–water partition coefficient (Wildman–Crippen LogP) is 2.81. The molecule has 0 aromatic heterocycles. The molecular weight excluding hydrogens is 388 g/mol. The fourth-order valence-electron chi connectivity index (χ4n) is 3.08. The lowest BCUT2D eigenvalue weighted by Crippen LogP contribution is -2.30. The van der Waals surface area contributed by atoms with Gasteiger partial charge in [0.15, 0.2) is 11.5 Å². The highest BCUT2D eigenvalue weighted by Gasteiger charge is 2.37. The number of carbonyl (C=O) groups is 1. The summed E-state index contributed by atoms with van der Waals surface area (Å²) in [6.45, 7) is 2.01. The molecule has 1 atom stereocenters. The molecule has 0 aliphatic carbocycles. The number of sulfonamides is 1. The van der Waals surface area contributed by atoms with Gasteiger partial charge in [0.2, 0.25) is 22.7 Å². The highest BCUT2D eigenvalue weighted by atomic mass is 32.2. The van der Waals surface area contributed by atoms with Crippen molar-refractivity contribution in [3.8, 4) is 11.5 Å². The third-order valence-electron chi connectivity index (χ3n) is 4.31. The molecule has 0 bridgehead atoms. The van der Waals surface area contributed by atoms with Crippen LogP contribution in [0.25, 0.3) is 0 Å². The average molecular weight is 406 g/mol. The quantitative estimate of drug-likeness (QED) is 0.841. The van der Waals surface area contributed by atoms with Gasteiger partial charge >= 0.3 is 0 Å². The number of benzene rings is 2. The number of nitrogens with zero attached hydrogens (tertiary/aromatic N) is 1. The second-order valence-corrected chi connectivity index (χ2v) is 9.24. The van der Waals surface area contributed by atoms with Crippen LogP contribution in [0, 0.1) is 0 Å². The molecule has 2 aromatic carbocycles. The van der Waals surface area contributed by atoms with Crippen molar-refractivity contribution in [3.63, 3.8) is 0 Å². The van der Waals surface area contributed by atoms with E-state index in [1.54, 1.807) is 23.9 Å². The van der Waals surface area contributed by atoms with E-state index in [1.807, 2.05) is 18.2 Å². The Kier molecular flexibility index (Phi) is 4.75. The highest BCUT2D eigenvalue weighted by molar-refractivity contribution is 8.01. The fourth-order valence-corrected chi connectivity index (χ4v) is 6.31. The molecule has 1 amide bonds. The van der Waals surface area contributed by atoms with E-state index >= 15 is 0 Å². The molecule has 1 saturated heterocycles. The Morgan fingerprint density at radius 1 is 1.15 bits per heavy atom. The van der Waals surface area contributed by atoms with Crippen LogP contribution in [0.5, 0.6) is 11.5 Å². The Morgan fingerprint density at radius 3 is 2.63 bits per heavy atom. The van der Waals surface area contributed by atoms with Crippen LogP contribution in [0.15, 0.2) is 47.4 Å². The first-order chi connectivity index (χ1) is 12.9. The van der Waals surface area contributed by atoms with Gasteiger partial charge < -0.3 is 14.8 Å². The summed E-state index contributed by atoms with van der Waals surface area (Å²) < 4.78 is 38.6. The second-order valence-electron chi connectivity index (χ2n) is 6.16. The number of amides is 1. The molecular formula is C18H18N2O5S2. The summed E-state index contributed by atoms with van der Waals surface area (Å²) >= 11 is 1.58. The van der Waals surface area contributed by atoms with E-state index in [1.165, 1.54) is 23.4 Å². The maximum Gasteiger partial charge on any atom is 0.244 e. The van der Waals surface area contributed by atoms with Crippen LogP contribution in [0.3, 0.4) is 0 Å². The van der Waals surface area contributed by atoms with Crippen LogP contribution < -0.4 is 14.8 Å². The van der Waals surface area contributed by atoms with Crippen LogP contribution in [-0.2, 0) is 14.8 Å². The number of hydrogen-bond donors (Lipinski definition) is 1. The molecule has 2 aliphatic heterocycles. The molecule has 142 valence electrons. The molecule has 0 radical (unpaired) electrons. The second kappa shape index (κ2) is 7.06. The van der Waals surface area contributed by atoms with Gasteiger partial charge in [-0.25, -0.2) is 8.42 Å². The summed E-state index contributed by atoms with van der Waals surface area (Å²) in [5.41, 5.74) is 1.42. The summed E-state index contributed by atoms with van der Waals surface area (Å²) in [4.78, 5) is 11.3. The van der Waals surface area contributed by atoms with E-state index in [4.69, 9.17) is 9.47 Å². The molecule has 9 heteroatoms. The number of hydrogen-bond acceptors (Lipinski definition) is 6. The summed E-state index contributed by atoms with van der Waals surface area (Å²) in [5, 5.41) is 2.31. The van der Waals surface area contributed by atoms with Crippen molar-refractivity contribution >= 4 is 33.4 Å². The molecule has 2 aliphatic rings. The van der Waals surface area contributed by atoms with Gasteiger partial charge in [0.05, 0.1) is 10.3 Å². The van der Waals surface area contributed by atoms with E-state index in [9.17, 15) is 13.2 Å². The topological polar surface area (TPSA) is 84.9 Å². The van der Waals surface area contributed by atoms with E-state index in [2.05, 4.69) is 5.32 Å². The minimum atomic E-state index is -3.67. The van der Waals surface area contributed by atoms with Crippen LogP contribution in [0.1, 0.15) is 17.9 Å². The number of nitrogens with one attached hydrogen (secondary N) is 1. The zero-order valence-corrected chi connectivity index (χ0v) is 16.2. The van der Waals surface area contributed by atoms with Gasteiger partial charge in [0.25, 0.3) is 0 Å². The third kappa shape index (κ3) is 3.50. The van der Waals surface area contributed by atoms with Crippen molar-refractivity contribution in [3.05, 3.63) is 48.0 Å². The first-order valence-electron chi connectivity index (χ1n) is 8.36. The molecule has 2 aromatic rings. The summed E-state index contributed by atoms with van der Waals surface area (Å²) in [5.74, 6) is 1.81. The molecule has 1 unspecified atom stereocenters. The zero-order chi connectivity index (χ0) is 19.0. The van der Waals surface area contributed by atoms with E-state index in [0.29, 0.717) is 29.5 Å². The van der Waals surface area contributed by atoms with Crippen molar-refractivity contribution < 1.29 is 22.7 Å². The zero-order valence-electron chi connectivity index (χ0n) is 14.5. The van der Waals surface area contributed by atoms with Crippen LogP contribution in [-0.4, -0.2) is 37.7 Å². The normalized spacial score (nSPS) is 19.2. The number of carbonyl (C=O) groups excluding carboxylic acids is 1. The van der Waals surface area contributed by atoms with Gasteiger partial charge in [-0.3, -0.25) is 4.79 Å². The highest BCUT2D eigenvalue weighted by Crippen LogP contribution is 2.44. The molecule has 0 spiro atoms. The minimum absolute atomic E-state index is 0.180. The van der Waals surface area contributed by atoms with Crippen molar-refractivity contribution in [1.29, 1.82) is 0 Å². The number of ether oxygens (including phenoxy) is 2. The maximum absolute atomic E-state index is 13.2. The van der Waals surface area contributed by atoms with E-state index in [0.717, 1.165) is 5.56 Å². The van der Waals surface area contributed by atoms with Crippen molar-refractivity contribution in [2.24, 2.45) is 0 Å². The van der Waals surface area contributed by atoms with Crippen molar-refractivity contribution in [2.75, 3.05) is 24.4 Å². The summed E-state index contributed by atoms with van der Waals surface area (Å²) in [7, 11) is -3.67. The molecule has 0 saturated carbocycles. The van der Waals surface area contributed by atoms with Crippen molar-refractivity contribution in [2.45, 2.75) is 17.2 Å². The number of rotatable bonds is 4. The maximum atomic E-state index is 13.2. The molecule has 2 heterocycles. The SMILES string of the molecule is CC(=O)Nc1ccc(S(=O)(=O)N2CCSC2c2ccc3c(c2)OCO3)cc1. The van der Waals surface area contributed by atoms with Crippen LogP contribution in [0.2, 0.25) is 0 Å². The lowest BCUT2D eigenvalue weighted by atomic mass is 10.2. The monoisotopic (exact) mass is 406 g/mol. The first-order valence-corrected chi connectivity index (χ1v) is 10.8. The first kappa shape index (κ1) is 18.1. The Hall–Kier alpha value is -2.23. The fraction of sp³-hybridized carbons (Fsp3) is 0.278. The van der Waals surface area contributed by atoms with E-state index < -0.39 is 10.0 Å².